The van der Waals surface area contributed by atoms with E-state index in [0.29, 0.717) is 18.3 Å². The minimum atomic E-state index is -0.0947. The van der Waals surface area contributed by atoms with E-state index < -0.39 is 0 Å². The van der Waals surface area contributed by atoms with E-state index in [2.05, 4.69) is 20.5 Å². The average molecular weight is 295 g/mol. The van der Waals surface area contributed by atoms with Crippen molar-refractivity contribution in [3.05, 3.63) is 48.0 Å². The molecular weight excluding hydrogens is 278 g/mol. The highest BCUT2D eigenvalue weighted by atomic mass is 16.2. The summed E-state index contributed by atoms with van der Waals surface area (Å²) >= 11 is 0. The zero-order valence-corrected chi connectivity index (χ0v) is 12.1. The molecule has 22 heavy (non-hydrogen) atoms. The second-order valence-corrected chi connectivity index (χ2v) is 5.74. The summed E-state index contributed by atoms with van der Waals surface area (Å²) in [7, 11) is 0. The van der Waals surface area contributed by atoms with Crippen molar-refractivity contribution < 1.29 is 4.79 Å². The van der Waals surface area contributed by atoms with Gasteiger partial charge in [-0.15, -0.1) is 0 Å². The first kappa shape index (κ1) is 13.1. The van der Waals surface area contributed by atoms with Crippen molar-refractivity contribution in [2.45, 2.75) is 31.8 Å². The summed E-state index contributed by atoms with van der Waals surface area (Å²) in [6.07, 6.45) is 5.15. The third-order valence-electron chi connectivity index (χ3n) is 4.17. The summed E-state index contributed by atoms with van der Waals surface area (Å²) in [5.74, 6) is -0.0947. The van der Waals surface area contributed by atoms with Crippen molar-refractivity contribution in [1.29, 1.82) is 0 Å². The van der Waals surface area contributed by atoms with E-state index in [1.165, 1.54) is 6.42 Å². The number of amides is 1. The Morgan fingerprint density at radius 1 is 1.36 bits per heavy atom. The summed E-state index contributed by atoms with van der Waals surface area (Å²) in [4.78, 5) is 16.4. The van der Waals surface area contributed by atoms with Gasteiger partial charge in [0.15, 0.2) is 0 Å². The largest absolute Gasteiger partial charge is 0.348 e. The molecule has 1 aliphatic carbocycles. The molecule has 2 heterocycles. The second-order valence-electron chi connectivity index (χ2n) is 5.74. The van der Waals surface area contributed by atoms with Crippen LogP contribution in [0, 0.1) is 0 Å². The number of rotatable bonds is 4. The Bertz CT molecular complexity index is 815. The molecule has 3 aromatic rings. The predicted octanol–water partition coefficient (Wildman–Crippen LogP) is 2.09. The van der Waals surface area contributed by atoms with Gasteiger partial charge in [0.1, 0.15) is 5.69 Å². The molecule has 6 nitrogen and oxygen atoms in total. The Morgan fingerprint density at radius 3 is 3.05 bits per heavy atom. The smallest absolute Gasteiger partial charge is 0.271 e. The van der Waals surface area contributed by atoms with E-state index in [-0.39, 0.29) is 5.91 Å². The molecule has 0 bridgehead atoms. The van der Waals surface area contributed by atoms with Gasteiger partial charge in [-0.25, -0.2) is 4.98 Å². The highest BCUT2D eigenvalue weighted by Gasteiger charge is 2.21. The molecule has 0 atom stereocenters. The van der Waals surface area contributed by atoms with E-state index >= 15 is 0 Å². The number of fused-ring (bicyclic) bond motifs is 1. The number of aromatic nitrogens is 4. The maximum atomic E-state index is 12.1. The molecule has 0 radical (unpaired) electrons. The molecule has 112 valence electrons. The van der Waals surface area contributed by atoms with Gasteiger partial charge < -0.3 is 9.88 Å². The molecular formula is C16H17N5O. The van der Waals surface area contributed by atoms with Gasteiger partial charge in [-0.3, -0.25) is 9.89 Å². The number of carbonyl (C=O) groups excluding carboxylic acids is 1. The SMILES string of the molecule is O=C(NC1CCC1)c1cc(Cn2cnc3ccccc32)[nH]n1. The van der Waals surface area contributed by atoms with Crippen LogP contribution < -0.4 is 5.32 Å². The fraction of sp³-hybridized carbons (Fsp3) is 0.312. The van der Waals surface area contributed by atoms with E-state index in [9.17, 15) is 4.79 Å². The molecule has 1 aromatic carbocycles. The van der Waals surface area contributed by atoms with Crippen molar-refractivity contribution >= 4 is 16.9 Å². The highest BCUT2D eigenvalue weighted by Crippen LogP contribution is 2.18. The molecule has 1 amide bonds. The topological polar surface area (TPSA) is 75.6 Å². The minimum absolute atomic E-state index is 0.0947. The number of hydrogen-bond acceptors (Lipinski definition) is 3. The molecule has 2 aromatic heterocycles. The Balaban J connectivity index is 1.50. The summed E-state index contributed by atoms with van der Waals surface area (Å²) in [6, 6.07) is 10.1. The van der Waals surface area contributed by atoms with Crippen LogP contribution in [0.25, 0.3) is 11.0 Å². The van der Waals surface area contributed by atoms with Crippen molar-refractivity contribution in [3.63, 3.8) is 0 Å². The van der Waals surface area contributed by atoms with Gasteiger partial charge in [0.2, 0.25) is 0 Å². The lowest BCUT2D eigenvalue weighted by atomic mass is 9.93. The number of carbonyl (C=O) groups is 1. The van der Waals surface area contributed by atoms with Crippen LogP contribution in [0.2, 0.25) is 0 Å². The van der Waals surface area contributed by atoms with Crippen molar-refractivity contribution in [3.8, 4) is 0 Å². The van der Waals surface area contributed by atoms with Crippen LogP contribution >= 0.6 is 0 Å². The lowest BCUT2D eigenvalue weighted by Crippen LogP contribution is -2.39. The number of hydrogen-bond donors (Lipinski definition) is 2. The van der Waals surface area contributed by atoms with Gasteiger partial charge in [0.05, 0.1) is 29.6 Å². The average Bonchev–Trinajstić information content (AvgIpc) is 3.11. The van der Waals surface area contributed by atoms with E-state index in [0.717, 1.165) is 29.6 Å². The Hall–Kier alpha value is -2.63. The number of H-pyrrole nitrogens is 1. The lowest BCUT2D eigenvalue weighted by molar-refractivity contribution is 0.0912. The third-order valence-corrected chi connectivity index (χ3v) is 4.17. The number of imidazole rings is 1. The fourth-order valence-electron chi connectivity index (χ4n) is 2.69. The summed E-state index contributed by atoms with van der Waals surface area (Å²) in [5, 5.41) is 10.1. The molecule has 0 aliphatic heterocycles. The van der Waals surface area contributed by atoms with Crippen molar-refractivity contribution in [1.82, 2.24) is 25.1 Å². The van der Waals surface area contributed by atoms with Crippen LogP contribution in [0.1, 0.15) is 35.4 Å². The highest BCUT2D eigenvalue weighted by molar-refractivity contribution is 5.92. The third kappa shape index (κ3) is 2.36. The van der Waals surface area contributed by atoms with Crippen LogP contribution in [0.3, 0.4) is 0 Å². The van der Waals surface area contributed by atoms with Gasteiger partial charge in [-0.1, -0.05) is 12.1 Å². The summed E-state index contributed by atoms with van der Waals surface area (Å²) in [5.41, 5.74) is 3.37. The quantitative estimate of drug-likeness (QED) is 0.774. The molecule has 1 aliphatic rings. The fourth-order valence-corrected chi connectivity index (χ4v) is 2.69. The van der Waals surface area contributed by atoms with Crippen LogP contribution in [0.15, 0.2) is 36.7 Å². The summed E-state index contributed by atoms with van der Waals surface area (Å²) in [6.45, 7) is 0.615. The standard InChI is InChI=1S/C16H17N5O/c22-16(18-11-4-3-5-11)14-8-12(19-20-14)9-21-10-17-13-6-1-2-7-15(13)21/h1-2,6-8,10-11H,3-5,9H2,(H,18,22)(H,19,20). The van der Waals surface area contributed by atoms with Crippen LogP contribution in [-0.4, -0.2) is 31.7 Å². The van der Waals surface area contributed by atoms with E-state index in [1.54, 1.807) is 6.33 Å². The van der Waals surface area contributed by atoms with Gasteiger partial charge in [0, 0.05) is 6.04 Å². The van der Waals surface area contributed by atoms with Crippen molar-refractivity contribution in [2.24, 2.45) is 0 Å². The van der Waals surface area contributed by atoms with E-state index in [4.69, 9.17) is 0 Å². The Labute approximate surface area is 127 Å². The van der Waals surface area contributed by atoms with Crippen LogP contribution in [0.5, 0.6) is 0 Å². The van der Waals surface area contributed by atoms with Gasteiger partial charge >= 0.3 is 0 Å². The zero-order valence-electron chi connectivity index (χ0n) is 12.1. The normalized spacial score (nSPS) is 14.9. The molecule has 6 heteroatoms. The molecule has 4 rings (SSSR count). The molecule has 0 unspecified atom stereocenters. The first-order chi connectivity index (χ1) is 10.8. The maximum Gasteiger partial charge on any atom is 0.271 e. The number of nitrogens with zero attached hydrogens (tertiary/aromatic N) is 3. The second kappa shape index (κ2) is 5.29. The first-order valence-corrected chi connectivity index (χ1v) is 7.54. The minimum Gasteiger partial charge on any atom is -0.348 e. The molecule has 2 N–H and O–H groups in total. The van der Waals surface area contributed by atoms with Gasteiger partial charge in [-0.2, -0.15) is 5.10 Å². The first-order valence-electron chi connectivity index (χ1n) is 7.54. The molecule has 0 spiro atoms. The Morgan fingerprint density at radius 2 is 2.23 bits per heavy atom. The molecule has 1 fully saturated rings. The maximum absolute atomic E-state index is 12.1. The number of para-hydroxylation sites is 2. The molecule has 1 saturated carbocycles. The van der Waals surface area contributed by atoms with Crippen molar-refractivity contribution in [2.75, 3.05) is 0 Å². The zero-order chi connectivity index (χ0) is 14.9. The molecule has 0 saturated heterocycles. The van der Waals surface area contributed by atoms with Gasteiger partial charge in [-0.05, 0) is 37.5 Å². The number of benzene rings is 1. The van der Waals surface area contributed by atoms with Crippen LogP contribution in [-0.2, 0) is 6.54 Å². The van der Waals surface area contributed by atoms with Gasteiger partial charge in [0.25, 0.3) is 5.91 Å². The lowest BCUT2D eigenvalue weighted by Gasteiger charge is -2.25. The number of nitrogens with one attached hydrogen (secondary N) is 2. The van der Waals surface area contributed by atoms with Crippen LogP contribution in [0.4, 0.5) is 0 Å². The Kier molecular flexibility index (Phi) is 3.14. The monoisotopic (exact) mass is 295 g/mol. The predicted molar refractivity (Wildman–Crippen MR) is 82.5 cm³/mol. The number of aromatic amines is 1. The summed E-state index contributed by atoms with van der Waals surface area (Å²) < 4.78 is 2.04. The van der Waals surface area contributed by atoms with E-state index in [1.807, 2.05) is 34.9 Å².